The summed E-state index contributed by atoms with van der Waals surface area (Å²) in [6.45, 7) is 1.97. The minimum absolute atomic E-state index is 0.853. The fraction of sp³-hybridized carbons (Fsp3) is 0.308. The second kappa shape index (κ2) is 4.54. The van der Waals surface area contributed by atoms with Crippen LogP contribution >= 0.6 is 34.4 Å². The van der Waals surface area contributed by atoms with E-state index < -0.39 is 0 Å². The molecule has 0 saturated carbocycles. The second-order valence-electron chi connectivity index (χ2n) is 4.51. The minimum Gasteiger partial charge on any atom is -0.238 e. The molecule has 0 amide bonds. The van der Waals surface area contributed by atoms with Gasteiger partial charge in [0.05, 0.1) is 0 Å². The summed E-state index contributed by atoms with van der Waals surface area (Å²) in [7, 11) is 0. The van der Waals surface area contributed by atoms with E-state index in [4.69, 9.17) is 0 Å². The van der Waals surface area contributed by atoms with E-state index >= 15 is 0 Å². The predicted molar refractivity (Wildman–Crippen MR) is 80.4 cm³/mol. The average Bonchev–Trinajstić information content (AvgIpc) is 3.03. The Morgan fingerprint density at radius 2 is 2.21 bits per heavy atom. The van der Waals surface area contributed by atoms with E-state index in [0.717, 1.165) is 20.0 Å². The Morgan fingerprint density at radius 1 is 1.26 bits per heavy atom. The summed E-state index contributed by atoms with van der Waals surface area (Å²) in [6.07, 6.45) is 5.49. The first-order chi connectivity index (χ1) is 9.31. The maximum absolute atomic E-state index is 4.65. The first-order valence-electron chi connectivity index (χ1n) is 6.17. The quantitative estimate of drug-likeness (QED) is 0.668. The van der Waals surface area contributed by atoms with Gasteiger partial charge in [-0.3, -0.25) is 0 Å². The van der Waals surface area contributed by atoms with Crippen LogP contribution in [0.2, 0.25) is 0 Å². The van der Waals surface area contributed by atoms with Gasteiger partial charge in [-0.2, -0.15) is 0 Å². The summed E-state index contributed by atoms with van der Waals surface area (Å²) >= 11 is 5.18. The molecule has 3 nitrogen and oxygen atoms in total. The standard InChI is InChI=1S/C13H11N3S3/c1-7-15-11-10(8-3-2-4-9(8)18-11)12(16-7)19-13-14-5-6-17-13/h5-6H,2-4H2,1H3. The van der Waals surface area contributed by atoms with Gasteiger partial charge in [-0.05, 0) is 43.5 Å². The minimum atomic E-state index is 0.853. The Morgan fingerprint density at radius 3 is 3.05 bits per heavy atom. The Kier molecular flexibility index (Phi) is 2.82. The summed E-state index contributed by atoms with van der Waals surface area (Å²) < 4.78 is 1.05. The average molecular weight is 305 g/mol. The molecule has 0 fully saturated rings. The van der Waals surface area contributed by atoms with Crippen LogP contribution in [-0.2, 0) is 12.8 Å². The van der Waals surface area contributed by atoms with Crippen LogP contribution < -0.4 is 0 Å². The largest absolute Gasteiger partial charge is 0.238 e. The molecule has 1 aliphatic carbocycles. The first kappa shape index (κ1) is 11.8. The monoisotopic (exact) mass is 305 g/mol. The van der Waals surface area contributed by atoms with E-state index in [0.29, 0.717) is 0 Å². The predicted octanol–water partition coefficient (Wildman–Crippen LogP) is 4.10. The molecule has 3 aromatic rings. The van der Waals surface area contributed by atoms with Crippen LogP contribution in [0.5, 0.6) is 0 Å². The van der Waals surface area contributed by atoms with Gasteiger partial charge in [0.15, 0.2) is 4.34 Å². The molecule has 0 N–H and O–H groups in total. The number of aromatic nitrogens is 3. The Bertz CT molecular complexity index is 746. The maximum atomic E-state index is 4.65. The van der Waals surface area contributed by atoms with E-state index in [2.05, 4.69) is 15.0 Å². The van der Waals surface area contributed by atoms with Crippen LogP contribution in [0, 0.1) is 6.92 Å². The van der Waals surface area contributed by atoms with E-state index in [9.17, 15) is 0 Å². The number of hydrogen-bond acceptors (Lipinski definition) is 6. The number of aryl methyl sites for hydroxylation is 3. The summed E-state index contributed by atoms with van der Waals surface area (Å²) in [5.41, 5.74) is 1.49. The summed E-state index contributed by atoms with van der Waals surface area (Å²) in [4.78, 5) is 16.3. The van der Waals surface area contributed by atoms with Crippen molar-refractivity contribution in [1.82, 2.24) is 15.0 Å². The van der Waals surface area contributed by atoms with Gasteiger partial charge in [-0.1, -0.05) is 0 Å². The van der Waals surface area contributed by atoms with E-state index in [1.807, 2.05) is 29.8 Å². The number of fused-ring (bicyclic) bond motifs is 3. The van der Waals surface area contributed by atoms with Crippen molar-refractivity contribution in [3.63, 3.8) is 0 Å². The number of thiophene rings is 1. The molecule has 1 aliphatic rings. The first-order valence-corrected chi connectivity index (χ1v) is 8.69. The molecule has 96 valence electrons. The second-order valence-corrected chi connectivity index (χ2v) is 7.73. The third-order valence-electron chi connectivity index (χ3n) is 3.24. The highest BCUT2D eigenvalue weighted by Gasteiger charge is 2.22. The highest BCUT2D eigenvalue weighted by molar-refractivity contribution is 8.01. The number of hydrogen-bond donors (Lipinski definition) is 0. The molecule has 3 heterocycles. The Balaban J connectivity index is 1.92. The lowest BCUT2D eigenvalue weighted by molar-refractivity contribution is 0.914. The van der Waals surface area contributed by atoms with Crippen molar-refractivity contribution >= 4 is 44.7 Å². The molecule has 19 heavy (non-hydrogen) atoms. The van der Waals surface area contributed by atoms with Crippen molar-refractivity contribution in [2.24, 2.45) is 0 Å². The van der Waals surface area contributed by atoms with Crippen molar-refractivity contribution in [2.45, 2.75) is 35.6 Å². The summed E-state index contributed by atoms with van der Waals surface area (Å²) in [5.74, 6) is 0.853. The molecule has 4 rings (SSSR count). The van der Waals surface area contributed by atoms with Gasteiger partial charge in [-0.15, -0.1) is 22.7 Å². The van der Waals surface area contributed by atoms with Gasteiger partial charge in [0.2, 0.25) is 0 Å². The van der Waals surface area contributed by atoms with Crippen molar-refractivity contribution in [2.75, 3.05) is 0 Å². The van der Waals surface area contributed by atoms with Gasteiger partial charge in [-0.25, -0.2) is 15.0 Å². The van der Waals surface area contributed by atoms with E-state index in [1.54, 1.807) is 23.1 Å². The lowest BCUT2D eigenvalue weighted by atomic mass is 10.2. The number of thiazole rings is 1. The van der Waals surface area contributed by atoms with Gasteiger partial charge in [0.25, 0.3) is 0 Å². The Labute approximate surface area is 123 Å². The molecule has 6 heteroatoms. The molecule has 0 spiro atoms. The van der Waals surface area contributed by atoms with Gasteiger partial charge in [0.1, 0.15) is 15.7 Å². The third kappa shape index (κ3) is 1.98. The highest BCUT2D eigenvalue weighted by Crippen LogP contribution is 2.42. The zero-order chi connectivity index (χ0) is 12.8. The van der Waals surface area contributed by atoms with Crippen molar-refractivity contribution in [3.8, 4) is 0 Å². The van der Waals surface area contributed by atoms with E-state index in [-0.39, 0.29) is 0 Å². The molecule has 0 saturated heterocycles. The molecule has 0 aliphatic heterocycles. The highest BCUT2D eigenvalue weighted by atomic mass is 32.2. The fourth-order valence-corrected chi connectivity index (χ4v) is 5.59. The molecule has 0 radical (unpaired) electrons. The molecule has 0 unspecified atom stereocenters. The fourth-order valence-electron chi connectivity index (χ4n) is 2.48. The lowest BCUT2D eigenvalue weighted by Gasteiger charge is -2.03. The smallest absolute Gasteiger partial charge is 0.156 e. The normalized spacial score (nSPS) is 14.2. The lowest BCUT2D eigenvalue weighted by Crippen LogP contribution is -1.91. The molecule has 3 aromatic heterocycles. The zero-order valence-corrected chi connectivity index (χ0v) is 12.8. The topological polar surface area (TPSA) is 38.7 Å². The maximum Gasteiger partial charge on any atom is 0.156 e. The number of nitrogens with zero attached hydrogens (tertiary/aromatic N) is 3. The van der Waals surface area contributed by atoms with Crippen LogP contribution in [0.3, 0.4) is 0 Å². The van der Waals surface area contributed by atoms with Crippen LogP contribution in [0.15, 0.2) is 20.9 Å². The van der Waals surface area contributed by atoms with Crippen LogP contribution in [0.4, 0.5) is 0 Å². The molecule has 0 atom stereocenters. The summed E-state index contributed by atoms with van der Waals surface area (Å²) in [5, 5.41) is 4.37. The Hall–Kier alpha value is -0.980. The van der Waals surface area contributed by atoms with E-state index in [1.165, 1.54) is 35.1 Å². The van der Waals surface area contributed by atoms with Crippen molar-refractivity contribution in [3.05, 3.63) is 27.8 Å². The van der Waals surface area contributed by atoms with Gasteiger partial charge < -0.3 is 0 Å². The van der Waals surface area contributed by atoms with Crippen LogP contribution in [0.1, 0.15) is 22.7 Å². The molecule has 0 bridgehead atoms. The molecule has 0 aromatic carbocycles. The van der Waals surface area contributed by atoms with Crippen molar-refractivity contribution < 1.29 is 0 Å². The molecular formula is C13H11N3S3. The van der Waals surface area contributed by atoms with Crippen LogP contribution in [-0.4, -0.2) is 15.0 Å². The van der Waals surface area contributed by atoms with Gasteiger partial charge >= 0.3 is 0 Å². The third-order valence-corrected chi connectivity index (χ3v) is 6.29. The van der Waals surface area contributed by atoms with Crippen LogP contribution in [0.25, 0.3) is 10.2 Å². The SMILES string of the molecule is Cc1nc(Sc2nccs2)c2c3c(sc2n1)CCC3. The van der Waals surface area contributed by atoms with Crippen molar-refractivity contribution in [1.29, 1.82) is 0 Å². The zero-order valence-electron chi connectivity index (χ0n) is 10.3. The van der Waals surface area contributed by atoms with Gasteiger partial charge in [0, 0.05) is 21.8 Å². The number of rotatable bonds is 2. The molecular weight excluding hydrogens is 294 g/mol. The summed E-state index contributed by atoms with van der Waals surface area (Å²) in [6, 6.07) is 0.